The molecular formula is C16H23BrF3N3O. The van der Waals surface area contributed by atoms with Crippen LogP contribution in [0.15, 0.2) is 4.47 Å². The lowest BCUT2D eigenvalue weighted by molar-refractivity contribution is -0.142. The molecule has 0 aromatic carbocycles. The van der Waals surface area contributed by atoms with Crippen molar-refractivity contribution in [2.24, 2.45) is 0 Å². The van der Waals surface area contributed by atoms with Crippen molar-refractivity contribution in [1.82, 2.24) is 15.1 Å². The van der Waals surface area contributed by atoms with Crippen LogP contribution in [0.3, 0.4) is 0 Å². The molecule has 1 saturated carbocycles. The highest BCUT2D eigenvalue weighted by Crippen LogP contribution is 2.46. The van der Waals surface area contributed by atoms with Crippen LogP contribution in [0.2, 0.25) is 0 Å². The second-order valence-corrected chi connectivity index (χ2v) is 7.00. The van der Waals surface area contributed by atoms with Crippen LogP contribution in [0.1, 0.15) is 69.2 Å². The van der Waals surface area contributed by atoms with Gasteiger partial charge in [-0.25, -0.2) is 0 Å². The largest absolute Gasteiger partial charge is 0.436 e. The summed E-state index contributed by atoms with van der Waals surface area (Å²) in [4.78, 5) is 11.8. The van der Waals surface area contributed by atoms with Crippen molar-refractivity contribution in [3.8, 4) is 0 Å². The van der Waals surface area contributed by atoms with Crippen molar-refractivity contribution in [2.75, 3.05) is 6.54 Å². The van der Waals surface area contributed by atoms with Crippen molar-refractivity contribution in [2.45, 2.75) is 70.5 Å². The van der Waals surface area contributed by atoms with E-state index < -0.39 is 11.9 Å². The van der Waals surface area contributed by atoms with Crippen molar-refractivity contribution in [1.29, 1.82) is 0 Å². The predicted molar refractivity (Wildman–Crippen MR) is 88.7 cm³/mol. The number of nitrogens with one attached hydrogen (secondary N) is 1. The number of carbonyl (C=O) groups excluding carboxylic acids is 1. The summed E-state index contributed by atoms with van der Waals surface area (Å²) in [6.07, 6.45) is 1.66. The van der Waals surface area contributed by atoms with Crippen molar-refractivity contribution >= 4 is 21.8 Å². The molecule has 1 amide bonds. The van der Waals surface area contributed by atoms with E-state index in [2.05, 4.69) is 33.3 Å². The summed E-state index contributed by atoms with van der Waals surface area (Å²) >= 11 is 3.05. The van der Waals surface area contributed by atoms with Crippen LogP contribution in [-0.4, -0.2) is 22.2 Å². The molecule has 8 heteroatoms. The molecule has 136 valence electrons. The molecule has 1 heterocycles. The van der Waals surface area contributed by atoms with E-state index in [0.29, 0.717) is 12.2 Å². The standard InChI is InChI=1S/C16H23BrF3N3O/c1-2-3-4-5-9-21-12(24)8-10-23-14(11-6-7-11)13(17)15(22-23)16(18,19)20/h11H,2-10H2,1H3,(H,21,24). The SMILES string of the molecule is CCCCCCNC(=O)CCn1nc(C(F)(F)F)c(Br)c1C1CC1. The lowest BCUT2D eigenvalue weighted by Gasteiger charge is -2.08. The molecule has 1 aliphatic carbocycles. The summed E-state index contributed by atoms with van der Waals surface area (Å²) in [7, 11) is 0. The molecule has 1 N–H and O–H groups in total. The minimum absolute atomic E-state index is 0.0254. The average Bonchev–Trinajstić information content (AvgIpc) is 3.27. The van der Waals surface area contributed by atoms with Crippen LogP contribution in [0, 0.1) is 0 Å². The fourth-order valence-electron chi connectivity index (χ4n) is 2.63. The van der Waals surface area contributed by atoms with Crippen LogP contribution >= 0.6 is 15.9 Å². The fourth-order valence-corrected chi connectivity index (χ4v) is 3.46. The second-order valence-electron chi connectivity index (χ2n) is 6.20. The van der Waals surface area contributed by atoms with E-state index in [9.17, 15) is 18.0 Å². The third kappa shape index (κ3) is 5.22. The number of rotatable bonds is 9. The maximum absolute atomic E-state index is 13.0. The Balaban J connectivity index is 1.91. The Morgan fingerprint density at radius 2 is 2.04 bits per heavy atom. The molecule has 0 aliphatic heterocycles. The number of unbranched alkanes of at least 4 members (excludes halogenated alkanes) is 3. The summed E-state index contributed by atoms with van der Waals surface area (Å²) in [5.74, 6) is -0.0338. The molecule has 1 aromatic heterocycles. The van der Waals surface area contributed by atoms with Crippen molar-refractivity contribution in [3.05, 3.63) is 15.9 Å². The molecule has 1 aromatic rings. The van der Waals surface area contributed by atoms with Gasteiger partial charge in [-0.3, -0.25) is 9.48 Å². The molecule has 0 saturated heterocycles. The molecule has 0 bridgehead atoms. The summed E-state index contributed by atoms with van der Waals surface area (Å²) in [5, 5.41) is 6.51. The zero-order valence-corrected chi connectivity index (χ0v) is 15.3. The lowest BCUT2D eigenvalue weighted by atomic mass is 10.2. The van der Waals surface area contributed by atoms with Crippen molar-refractivity contribution < 1.29 is 18.0 Å². The molecule has 24 heavy (non-hydrogen) atoms. The maximum atomic E-state index is 13.0. The molecule has 0 spiro atoms. The van der Waals surface area contributed by atoms with E-state index >= 15 is 0 Å². The Morgan fingerprint density at radius 1 is 1.33 bits per heavy atom. The molecule has 1 fully saturated rings. The first-order valence-electron chi connectivity index (χ1n) is 8.44. The summed E-state index contributed by atoms with van der Waals surface area (Å²) in [6.45, 7) is 2.90. The highest BCUT2D eigenvalue weighted by atomic mass is 79.9. The van der Waals surface area contributed by atoms with Crippen LogP contribution in [0.5, 0.6) is 0 Å². The number of nitrogens with zero attached hydrogens (tertiary/aromatic N) is 2. The van der Waals surface area contributed by atoms with Gasteiger partial charge in [-0.05, 0) is 35.2 Å². The number of aryl methyl sites for hydroxylation is 1. The molecule has 0 atom stereocenters. The third-order valence-corrected chi connectivity index (χ3v) is 4.85. The molecule has 0 unspecified atom stereocenters. The van der Waals surface area contributed by atoms with Crippen LogP contribution < -0.4 is 5.32 Å². The zero-order chi connectivity index (χ0) is 17.7. The normalized spacial score (nSPS) is 14.9. The zero-order valence-electron chi connectivity index (χ0n) is 13.8. The minimum atomic E-state index is -4.49. The van der Waals surface area contributed by atoms with Gasteiger partial charge in [0.05, 0.1) is 16.7 Å². The number of amides is 1. The Hall–Kier alpha value is -1.05. The summed E-state index contributed by atoms with van der Waals surface area (Å²) in [5.41, 5.74) is -0.331. The van der Waals surface area contributed by atoms with E-state index in [0.717, 1.165) is 38.5 Å². The monoisotopic (exact) mass is 409 g/mol. The number of aromatic nitrogens is 2. The first kappa shape index (κ1) is 19.3. The second kappa shape index (κ2) is 8.36. The van der Waals surface area contributed by atoms with E-state index in [1.807, 2.05) is 0 Å². The van der Waals surface area contributed by atoms with Gasteiger partial charge in [0.1, 0.15) is 0 Å². The van der Waals surface area contributed by atoms with E-state index in [1.165, 1.54) is 4.68 Å². The Morgan fingerprint density at radius 3 is 2.62 bits per heavy atom. The van der Waals surface area contributed by atoms with Gasteiger partial charge in [0.2, 0.25) is 5.91 Å². The topological polar surface area (TPSA) is 46.9 Å². The predicted octanol–water partition coefficient (Wildman–Crippen LogP) is 4.63. The highest BCUT2D eigenvalue weighted by molar-refractivity contribution is 9.10. The Bertz CT molecular complexity index is 568. The fraction of sp³-hybridized carbons (Fsp3) is 0.750. The molecule has 2 rings (SSSR count). The van der Waals surface area contributed by atoms with Crippen molar-refractivity contribution in [3.63, 3.8) is 0 Å². The van der Waals surface area contributed by atoms with Gasteiger partial charge in [-0.2, -0.15) is 18.3 Å². The minimum Gasteiger partial charge on any atom is -0.356 e. The molecule has 0 radical (unpaired) electrons. The number of hydrogen-bond acceptors (Lipinski definition) is 2. The summed E-state index contributed by atoms with van der Waals surface area (Å²) in [6, 6.07) is 0. The number of alkyl halides is 3. The molecule has 4 nitrogen and oxygen atoms in total. The number of halogens is 4. The molecular weight excluding hydrogens is 387 g/mol. The van der Waals surface area contributed by atoms with Gasteiger partial charge in [-0.1, -0.05) is 26.2 Å². The summed E-state index contributed by atoms with van der Waals surface area (Å²) < 4.78 is 40.4. The van der Waals surface area contributed by atoms with E-state index in [4.69, 9.17) is 0 Å². The van der Waals surface area contributed by atoms with E-state index in [-0.39, 0.29) is 29.3 Å². The first-order chi connectivity index (χ1) is 11.3. The van der Waals surface area contributed by atoms with Gasteiger partial charge in [-0.15, -0.1) is 0 Å². The van der Waals surface area contributed by atoms with Gasteiger partial charge in [0, 0.05) is 18.9 Å². The van der Waals surface area contributed by atoms with Gasteiger partial charge in [0.15, 0.2) is 5.69 Å². The Labute approximate surface area is 148 Å². The molecule has 1 aliphatic rings. The van der Waals surface area contributed by atoms with Crippen LogP contribution in [-0.2, 0) is 17.5 Å². The van der Waals surface area contributed by atoms with E-state index in [1.54, 1.807) is 0 Å². The number of hydrogen-bond donors (Lipinski definition) is 1. The number of carbonyl (C=O) groups is 1. The smallest absolute Gasteiger partial charge is 0.356 e. The third-order valence-electron chi connectivity index (χ3n) is 4.07. The van der Waals surface area contributed by atoms with Gasteiger partial charge >= 0.3 is 6.18 Å². The quantitative estimate of drug-likeness (QED) is 0.604. The lowest BCUT2D eigenvalue weighted by Crippen LogP contribution is -2.26. The maximum Gasteiger partial charge on any atom is 0.436 e. The van der Waals surface area contributed by atoms with Gasteiger partial charge in [0.25, 0.3) is 0 Å². The highest BCUT2D eigenvalue weighted by Gasteiger charge is 2.41. The first-order valence-corrected chi connectivity index (χ1v) is 9.24. The Kier molecular flexibility index (Phi) is 6.71. The van der Waals surface area contributed by atoms with Crippen LogP contribution in [0.4, 0.5) is 13.2 Å². The van der Waals surface area contributed by atoms with Gasteiger partial charge < -0.3 is 5.32 Å². The average molecular weight is 410 g/mol. The van der Waals surface area contributed by atoms with Crippen LogP contribution in [0.25, 0.3) is 0 Å².